The first-order chi connectivity index (χ1) is 9.25. The summed E-state index contributed by atoms with van der Waals surface area (Å²) >= 11 is 4.85. The van der Waals surface area contributed by atoms with E-state index in [1.807, 2.05) is 28.5 Å². The number of morpholine rings is 1. The normalized spacial score (nSPS) is 19.6. The third kappa shape index (κ3) is 2.61. The van der Waals surface area contributed by atoms with Gasteiger partial charge in [0.25, 0.3) is 5.91 Å². The highest BCUT2D eigenvalue weighted by Gasteiger charge is 2.28. The fourth-order valence-corrected chi connectivity index (χ4v) is 3.58. The van der Waals surface area contributed by atoms with Gasteiger partial charge in [-0.1, -0.05) is 0 Å². The van der Waals surface area contributed by atoms with Crippen LogP contribution in [0.3, 0.4) is 0 Å². The van der Waals surface area contributed by atoms with Crippen LogP contribution in [0.2, 0.25) is 0 Å². The molecule has 0 aliphatic carbocycles. The molecule has 19 heavy (non-hydrogen) atoms. The second-order valence-corrected chi connectivity index (χ2v) is 5.99. The highest BCUT2D eigenvalue weighted by Crippen LogP contribution is 2.27. The molecular formula is C13H12BrNO3S. The van der Waals surface area contributed by atoms with Crippen LogP contribution >= 0.6 is 27.3 Å². The Kier molecular flexibility index (Phi) is 3.72. The number of carbonyl (C=O) groups is 1. The van der Waals surface area contributed by atoms with Crippen molar-refractivity contribution >= 4 is 33.2 Å². The molecule has 1 saturated heterocycles. The molecule has 0 bridgehead atoms. The van der Waals surface area contributed by atoms with E-state index in [2.05, 4.69) is 15.9 Å². The highest BCUT2D eigenvalue weighted by molar-refractivity contribution is 9.10. The summed E-state index contributed by atoms with van der Waals surface area (Å²) in [6.45, 7) is 1.66. The topological polar surface area (TPSA) is 42.7 Å². The van der Waals surface area contributed by atoms with Crippen LogP contribution in [0.25, 0.3) is 0 Å². The van der Waals surface area contributed by atoms with Crippen LogP contribution in [0, 0.1) is 0 Å². The van der Waals surface area contributed by atoms with Gasteiger partial charge in [-0.3, -0.25) is 4.79 Å². The smallest absolute Gasteiger partial charge is 0.265 e. The lowest BCUT2D eigenvalue weighted by Crippen LogP contribution is -2.42. The standard InChI is InChI=1S/C13H12BrNO3S/c14-9-3-7-19-12(9)13(16)15-4-6-18-11(8-15)10-2-1-5-17-10/h1-3,5,7,11H,4,6,8H2/t11-/m0/s1. The Bertz CT molecular complexity index is 566. The number of hydrogen-bond donors (Lipinski definition) is 0. The number of furan rings is 1. The first kappa shape index (κ1) is 12.9. The van der Waals surface area contributed by atoms with E-state index in [9.17, 15) is 4.79 Å². The maximum atomic E-state index is 12.4. The zero-order valence-electron chi connectivity index (χ0n) is 10.0. The maximum Gasteiger partial charge on any atom is 0.265 e. The number of ether oxygens (including phenoxy) is 1. The SMILES string of the molecule is O=C(c1sccc1Br)N1CCO[C@H](c2ccco2)C1. The van der Waals surface area contributed by atoms with Crippen molar-refractivity contribution in [2.24, 2.45) is 0 Å². The van der Waals surface area contributed by atoms with Gasteiger partial charge in [-0.2, -0.15) is 0 Å². The fraction of sp³-hybridized carbons (Fsp3) is 0.308. The summed E-state index contributed by atoms with van der Waals surface area (Å²) in [5, 5.41) is 1.90. The van der Waals surface area contributed by atoms with Gasteiger partial charge in [0.1, 0.15) is 16.7 Å². The molecule has 2 aromatic heterocycles. The van der Waals surface area contributed by atoms with Gasteiger partial charge in [0.15, 0.2) is 0 Å². The number of nitrogens with zero attached hydrogens (tertiary/aromatic N) is 1. The third-order valence-corrected chi connectivity index (χ3v) is 4.85. The summed E-state index contributed by atoms with van der Waals surface area (Å²) in [7, 11) is 0. The van der Waals surface area contributed by atoms with Gasteiger partial charge in [0, 0.05) is 11.0 Å². The Morgan fingerprint density at radius 3 is 3.05 bits per heavy atom. The van der Waals surface area contributed by atoms with Crippen LogP contribution in [0.15, 0.2) is 38.7 Å². The molecule has 0 spiro atoms. The first-order valence-corrected chi connectivity index (χ1v) is 7.60. The zero-order valence-corrected chi connectivity index (χ0v) is 12.4. The van der Waals surface area contributed by atoms with Crippen LogP contribution in [0.4, 0.5) is 0 Å². The number of halogens is 1. The largest absolute Gasteiger partial charge is 0.467 e. The van der Waals surface area contributed by atoms with Crippen molar-refractivity contribution in [2.75, 3.05) is 19.7 Å². The van der Waals surface area contributed by atoms with Crippen molar-refractivity contribution in [3.05, 3.63) is 45.0 Å². The van der Waals surface area contributed by atoms with Crippen molar-refractivity contribution in [1.29, 1.82) is 0 Å². The van der Waals surface area contributed by atoms with Crippen LogP contribution in [-0.2, 0) is 4.74 Å². The van der Waals surface area contributed by atoms with Crippen LogP contribution in [0.5, 0.6) is 0 Å². The Morgan fingerprint density at radius 2 is 2.37 bits per heavy atom. The van der Waals surface area contributed by atoms with Gasteiger partial charge < -0.3 is 14.1 Å². The molecule has 0 saturated carbocycles. The summed E-state index contributed by atoms with van der Waals surface area (Å²) in [6.07, 6.45) is 1.45. The van der Waals surface area contributed by atoms with Crippen molar-refractivity contribution in [3.63, 3.8) is 0 Å². The number of rotatable bonds is 2. The summed E-state index contributed by atoms with van der Waals surface area (Å²) in [5.41, 5.74) is 0. The molecule has 3 heterocycles. The molecule has 100 valence electrons. The maximum absolute atomic E-state index is 12.4. The van der Waals surface area contributed by atoms with Crippen molar-refractivity contribution < 1.29 is 13.9 Å². The second-order valence-electron chi connectivity index (χ2n) is 4.22. The monoisotopic (exact) mass is 341 g/mol. The summed E-state index contributed by atoms with van der Waals surface area (Å²) < 4.78 is 11.9. The molecular weight excluding hydrogens is 330 g/mol. The molecule has 1 fully saturated rings. The Balaban J connectivity index is 1.75. The lowest BCUT2D eigenvalue weighted by atomic mass is 10.2. The molecule has 1 atom stereocenters. The van der Waals surface area contributed by atoms with E-state index in [1.165, 1.54) is 11.3 Å². The average Bonchev–Trinajstić information content (AvgIpc) is 3.09. The molecule has 1 amide bonds. The molecule has 6 heteroatoms. The fourth-order valence-electron chi connectivity index (χ4n) is 2.07. The van der Waals surface area contributed by atoms with Crippen molar-refractivity contribution in [1.82, 2.24) is 4.90 Å². The minimum atomic E-state index is -0.175. The van der Waals surface area contributed by atoms with Crippen molar-refractivity contribution in [2.45, 2.75) is 6.10 Å². The molecule has 0 unspecified atom stereocenters. The molecule has 3 rings (SSSR count). The van der Waals surface area contributed by atoms with Gasteiger partial charge in [0.2, 0.25) is 0 Å². The number of carbonyl (C=O) groups excluding carboxylic acids is 1. The van der Waals surface area contributed by atoms with E-state index in [0.717, 1.165) is 15.1 Å². The lowest BCUT2D eigenvalue weighted by Gasteiger charge is -2.31. The molecule has 4 nitrogen and oxygen atoms in total. The Hall–Kier alpha value is -1.11. The van der Waals surface area contributed by atoms with E-state index in [0.29, 0.717) is 19.7 Å². The van der Waals surface area contributed by atoms with E-state index >= 15 is 0 Å². The van der Waals surface area contributed by atoms with Crippen LogP contribution in [0.1, 0.15) is 21.5 Å². The number of hydrogen-bond acceptors (Lipinski definition) is 4. The number of amides is 1. The van der Waals surface area contributed by atoms with Crippen LogP contribution in [-0.4, -0.2) is 30.5 Å². The van der Waals surface area contributed by atoms with Gasteiger partial charge in [-0.15, -0.1) is 11.3 Å². The number of thiophene rings is 1. The molecule has 2 aromatic rings. The first-order valence-electron chi connectivity index (χ1n) is 5.93. The van der Waals surface area contributed by atoms with Crippen LogP contribution < -0.4 is 0 Å². The third-order valence-electron chi connectivity index (χ3n) is 3.03. The van der Waals surface area contributed by atoms with Gasteiger partial charge in [-0.05, 0) is 39.5 Å². The quantitative estimate of drug-likeness (QED) is 0.841. The molecule has 1 aliphatic rings. The Labute approximate surface area is 123 Å². The van der Waals surface area contributed by atoms with E-state index in [4.69, 9.17) is 9.15 Å². The summed E-state index contributed by atoms with van der Waals surface area (Å²) in [4.78, 5) is 15.0. The summed E-state index contributed by atoms with van der Waals surface area (Å²) in [5.74, 6) is 0.810. The summed E-state index contributed by atoms with van der Waals surface area (Å²) in [6, 6.07) is 5.59. The van der Waals surface area contributed by atoms with Gasteiger partial charge in [-0.25, -0.2) is 0 Å². The van der Waals surface area contributed by atoms with Crippen molar-refractivity contribution in [3.8, 4) is 0 Å². The predicted molar refractivity (Wildman–Crippen MR) is 75.3 cm³/mol. The molecule has 0 N–H and O–H groups in total. The lowest BCUT2D eigenvalue weighted by molar-refractivity contribution is -0.0320. The molecule has 0 radical (unpaired) electrons. The second kappa shape index (κ2) is 5.48. The molecule has 1 aliphatic heterocycles. The zero-order chi connectivity index (χ0) is 13.2. The minimum absolute atomic E-state index is 0.0433. The van der Waals surface area contributed by atoms with E-state index in [-0.39, 0.29) is 12.0 Å². The van der Waals surface area contributed by atoms with E-state index < -0.39 is 0 Å². The van der Waals surface area contributed by atoms with Gasteiger partial charge in [0.05, 0.1) is 19.4 Å². The average molecular weight is 342 g/mol. The Morgan fingerprint density at radius 1 is 1.47 bits per heavy atom. The minimum Gasteiger partial charge on any atom is -0.467 e. The predicted octanol–water partition coefficient (Wildman–Crippen LogP) is 3.32. The van der Waals surface area contributed by atoms with Gasteiger partial charge >= 0.3 is 0 Å². The van der Waals surface area contributed by atoms with E-state index in [1.54, 1.807) is 6.26 Å². The highest BCUT2D eigenvalue weighted by atomic mass is 79.9. The molecule has 0 aromatic carbocycles.